The van der Waals surface area contributed by atoms with Gasteiger partial charge in [0.2, 0.25) is 5.91 Å². The van der Waals surface area contributed by atoms with Gasteiger partial charge in [0.25, 0.3) is 10.2 Å². The Kier molecular flexibility index (Phi) is 6.42. The Morgan fingerprint density at radius 3 is 2.52 bits per heavy atom. The summed E-state index contributed by atoms with van der Waals surface area (Å²) >= 11 is 0. The van der Waals surface area contributed by atoms with Gasteiger partial charge in [0.1, 0.15) is 5.75 Å². The third kappa shape index (κ3) is 4.71. The maximum absolute atomic E-state index is 12.6. The first kappa shape index (κ1) is 19.7. The van der Waals surface area contributed by atoms with Crippen LogP contribution in [0.3, 0.4) is 0 Å². The van der Waals surface area contributed by atoms with E-state index in [1.165, 1.54) is 22.7 Å². The molecule has 1 aromatic rings. The smallest absolute Gasteiger partial charge is 0.281 e. The molecule has 0 aromatic heterocycles. The summed E-state index contributed by atoms with van der Waals surface area (Å²) in [5.41, 5.74) is 0.975. The van der Waals surface area contributed by atoms with Crippen LogP contribution in [0.4, 0.5) is 0 Å². The molecule has 140 valence electrons. The van der Waals surface area contributed by atoms with Crippen LogP contribution >= 0.6 is 0 Å². The van der Waals surface area contributed by atoms with Crippen LogP contribution in [-0.4, -0.2) is 57.2 Å². The number of piperidine rings is 1. The van der Waals surface area contributed by atoms with Crippen molar-refractivity contribution in [1.82, 2.24) is 13.9 Å². The number of nitrogens with zero attached hydrogens (tertiary/aromatic N) is 2. The van der Waals surface area contributed by atoms with Crippen LogP contribution in [0.5, 0.6) is 5.75 Å². The van der Waals surface area contributed by atoms with Crippen molar-refractivity contribution in [3.63, 3.8) is 0 Å². The summed E-state index contributed by atoms with van der Waals surface area (Å²) in [7, 11) is 1.14. The van der Waals surface area contributed by atoms with Gasteiger partial charge in [-0.2, -0.15) is 17.0 Å². The number of hydrogen-bond acceptors (Lipinski definition) is 4. The molecule has 8 heteroatoms. The van der Waals surface area contributed by atoms with E-state index in [-0.39, 0.29) is 24.4 Å². The largest absolute Gasteiger partial charge is 0.497 e. The summed E-state index contributed by atoms with van der Waals surface area (Å²) in [6, 6.07) is 7.37. The maximum atomic E-state index is 12.6. The molecule has 1 saturated heterocycles. The van der Waals surface area contributed by atoms with Crippen molar-refractivity contribution >= 4 is 16.1 Å². The molecule has 1 aromatic carbocycles. The van der Waals surface area contributed by atoms with Gasteiger partial charge in [-0.1, -0.05) is 12.1 Å². The lowest BCUT2D eigenvalue weighted by Gasteiger charge is -2.33. The average molecular weight is 369 g/mol. The number of amides is 1. The fourth-order valence-corrected chi connectivity index (χ4v) is 4.09. The number of nitrogens with one attached hydrogen (secondary N) is 1. The van der Waals surface area contributed by atoms with E-state index in [9.17, 15) is 13.2 Å². The molecule has 1 N–H and O–H groups in total. The molecule has 1 aliphatic rings. The number of methoxy groups -OCH3 is 1. The molecule has 1 fully saturated rings. The minimum atomic E-state index is -3.48. The number of carbonyl (C=O) groups is 1. The molecule has 2 atom stereocenters. The Hall–Kier alpha value is -1.64. The van der Waals surface area contributed by atoms with Gasteiger partial charge in [0, 0.05) is 27.2 Å². The highest BCUT2D eigenvalue weighted by molar-refractivity contribution is 7.86. The number of ether oxygens (including phenoxy) is 1. The van der Waals surface area contributed by atoms with Crippen LogP contribution in [0, 0.1) is 5.92 Å². The van der Waals surface area contributed by atoms with Crippen LogP contribution in [0.15, 0.2) is 24.3 Å². The lowest BCUT2D eigenvalue weighted by Crippen LogP contribution is -2.49. The van der Waals surface area contributed by atoms with Gasteiger partial charge >= 0.3 is 0 Å². The van der Waals surface area contributed by atoms with Crippen molar-refractivity contribution in [2.45, 2.75) is 25.8 Å². The van der Waals surface area contributed by atoms with Gasteiger partial charge in [-0.15, -0.1) is 0 Å². The van der Waals surface area contributed by atoms with Crippen molar-refractivity contribution in [1.29, 1.82) is 0 Å². The van der Waals surface area contributed by atoms with Crippen molar-refractivity contribution in [2.24, 2.45) is 5.92 Å². The summed E-state index contributed by atoms with van der Waals surface area (Å²) in [6.45, 7) is 2.59. The second-order valence-electron chi connectivity index (χ2n) is 6.49. The van der Waals surface area contributed by atoms with Crippen LogP contribution in [0.2, 0.25) is 0 Å². The Bertz CT molecular complexity index is 688. The Balaban J connectivity index is 1.99. The van der Waals surface area contributed by atoms with E-state index in [1.54, 1.807) is 7.11 Å². The quantitative estimate of drug-likeness (QED) is 0.822. The molecule has 2 rings (SSSR count). The second-order valence-corrected chi connectivity index (χ2v) is 8.63. The third-order valence-corrected chi connectivity index (χ3v) is 6.42. The zero-order valence-electron chi connectivity index (χ0n) is 15.2. The van der Waals surface area contributed by atoms with Gasteiger partial charge in [-0.05, 0) is 37.5 Å². The molecule has 0 spiro atoms. The SMILES string of the molecule is COc1ccc([C@@H](C)NC(=O)[C@@H]2CCCN(S(=O)(=O)N(C)C)C2)cc1. The highest BCUT2D eigenvalue weighted by atomic mass is 32.2. The molecular formula is C17H27N3O4S. The minimum absolute atomic E-state index is 0.109. The molecule has 7 nitrogen and oxygen atoms in total. The monoisotopic (exact) mass is 369 g/mol. The Morgan fingerprint density at radius 1 is 1.32 bits per heavy atom. The fourth-order valence-electron chi connectivity index (χ4n) is 2.90. The molecular weight excluding hydrogens is 342 g/mol. The van der Waals surface area contributed by atoms with Crippen LogP contribution in [0.1, 0.15) is 31.4 Å². The minimum Gasteiger partial charge on any atom is -0.497 e. The van der Waals surface area contributed by atoms with Crippen molar-refractivity contribution in [3.8, 4) is 5.75 Å². The average Bonchev–Trinajstić information content (AvgIpc) is 2.61. The normalized spacial score (nSPS) is 20.3. The molecule has 25 heavy (non-hydrogen) atoms. The standard InChI is InChI=1S/C17H27N3O4S/c1-13(14-7-9-16(24-4)10-8-14)18-17(21)15-6-5-11-20(12-15)25(22,23)19(2)3/h7-10,13,15H,5-6,11-12H2,1-4H3,(H,18,21)/t13-,15-/m1/s1. The molecule has 0 aliphatic carbocycles. The zero-order valence-corrected chi connectivity index (χ0v) is 16.0. The molecule has 0 saturated carbocycles. The van der Waals surface area contributed by atoms with Gasteiger partial charge < -0.3 is 10.1 Å². The summed E-state index contributed by atoms with van der Waals surface area (Å²) < 4.78 is 32.2. The number of carbonyl (C=O) groups excluding carboxylic acids is 1. The molecule has 1 aliphatic heterocycles. The van der Waals surface area contributed by atoms with Gasteiger partial charge in [-0.3, -0.25) is 4.79 Å². The number of hydrogen-bond donors (Lipinski definition) is 1. The zero-order chi connectivity index (χ0) is 18.6. The first-order chi connectivity index (χ1) is 11.8. The summed E-state index contributed by atoms with van der Waals surface area (Å²) in [6.07, 6.45) is 1.38. The molecule has 1 heterocycles. The Morgan fingerprint density at radius 2 is 1.96 bits per heavy atom. The lowest BCUT2D eigenvalue weighted by atomic mass is 9.98. The van der Waals surface area contributed by atoms with E-state index < -0.39 is 10.2 Å². The van der Waals surface area contributed by atoms with Crippen LogP contribution < -0.4 is 10.1 Å². The highest BCUT2D eigenvalue weighted by Crippen LogP contribution is 2.22. The number of rotatable bonds is 6. The predicted molar refractivity (Wildman–Crippen MR) is 96.5 cm³/mol. The summed E-state index contributed by atoms with van der Waals surface area (Å²) in [5.74, 6) is 0.324. The molecule has 0 bridgehead atoms. The topological polar surface area (TPSA) is 79.0 Å². The molecule has 1 amide bonds. The first-order valence-electron chi connectivity index (χ1n) is 8.37. The fraction of sp³-hybridized carbons (Fsp3) is 0.588. The van der Waals surface area contributed by atoms with Crippen molar-refractivity contribution in [2.75, 3.05) is 34.3 Å². The highest BCUT2D eigenvalue weighted by Gasteiger charge is 2.33. The molecule has 0 radical (unpaired) electrons. The second kappa shape index (κ2) is 8.16. The van der Waals surface area contributed by atoms with E-state index in [0.29, 0.717) is 19.4 Å². The van der Waals surface area contributed by atoms with Gasteiger partial charge in [0.15, 0.2) is 0 Å². The van der Waals surface area contributed by atoms with E-state index in [0.717, 1.165) is 11.3 Å². The lowest BCUT2D eigenvalue weighted by molar-refractivity contribution is -0.126. The predicted octanol–water partition coefficient (Wildman–Crippen LogP) is 1.39. The third-order valence-electron chi connectivity index (χ3n) is 4.52. The van der Waals surface area contributed by atoms with Gasteiger partial charge in [-0.25, -0.2) is 0 Å². The number of benzene rings is 1. The van der Waals surface area contributed by atoms with Crippen molar-refractivity contribution in [3.05, 3.63) is 29.8 Å². The van der Waals surface area contributed by atoms with E-state index >= 15 is 0 Å². The maximum Gasteiger partial charge on any atom is 0.281 e. The van der Waals surface area contributed by atoms with Crippen LogP contribution in [-0.2, 0) is 15.0 Å². The van der Waals surface area contributed by atoms with Crippen LogP contribution in [0.25, 0.3) is 0 Å². The summed E-state index contributed by atoms with van der Waals surface area (Å²) in [4.78, 5) is 12.6. The van der Waals surface area contributed by atoms with Crippen molar-refractivity contribution < 1.29 is 17.9 Å². The van der Waals surface area contributed by atoms with E-state index in [4.69, 9.17) is 4.74 Å². The van der Waals surface area contributed by atoms with Gasteiger partial charge in [0.05, 0.1) is 19.1 Å². The van der Waals surface area contributed by atoms with E-state index in [2.05, 4.69) is 5.32 Å². The molecule has 0 unspecified atom stereocenters. The summed E-state index contributed by atoms with van der Waals surface area (Å²) in [5, 5.41) is 2.99. The first-order valence-corrected chi connectivity index (χ1v) is 9.77. The Labute approximate surface area is 150 Å². The van der Waals surface area contributed by atoms with E-state index in [1.807, 2.05) is 31.2 Å².